The van der Waals surface area contributed by atoms with E-state index in [2.05, 4.69) is 0 Å². The van der Waals surface area contributed by atoms with Crippen molar-refractivity contribution in [2.75, 3.05) is 14.1 Å². The van der Waals surface area contributed by atoms with Gasteiger partial charge < -0.3 is 10.0 Å². The average Bonchev–Trinajstić information content (AvgIpc) is 2.25. The van der Waals surface area contributed by atoms with E-state index in [1.54, 1.807) is 44.3 Å². The highest BCUT2D eigenvalue weighted by molar-refractivity contribution is 5.94. The fourth-order valence-corrected chi connectivity index (χ4v) is 1.51. The Morgan fingerprint density at radius 2 is 2.06 bits per heavy atom. The standard InChI is InChI=1S/C12H14N2O4/c1-8-4-5-10(12(15)16)11(14(17)18)9(8)6-7-13(2)3/h4-7H,1-3H3,(H,15,16). The summed E-state index contributed by atoms with van der Waals surface area (Å²) in [6, 6.07) is 2.81. The summed E-state index contributed by atoms with van der Waals surface area (Å²) in [4.78, 5) is 23.1. The zero-order valence-corrected chi connectivity index (χ0v) is 10.4. The molecule has 0 amide bonds. The Labute approximate surface area is 104 Å². The number of aromatic carboxylic acids is 1. The van der Waals surface area contributed by atoms with Gasteiger partial charge in [0.1, 0.15) is 5.56 Å². The van der Waals surface area contributed by atoms with Crippen molar-refractivity contribution < 1.29 is 14.8 Å². The maximum Gasteiger partial charge on any atom is 0.342 e. The molecule has 18 heavy (non-hydrogen) atoms. The topological polar surface area (TPSA) is 83.7 Å². The largest absolute Gasteiger partial charge is 0.477 e. The molecule has 0 aliphatic heterocycles. The quantitative estimate of drug-likeness (QED) is 0.653. The van der Waals surface area contributed by atoms with Gasteiger partial charge in [0, 0.05) is 14.1 Å². The summed E-state index contributed by atoms with van der Waals surface area (Å²) in [6.07, 6.45) is 3.18. The van der Waals surface area contributed by atoms with Gasteiger partial charge in [-0.25, -0.2) is 4.79 Å². The first-order valence-corrected chi connectivity index (χ1v) is 5.20. The Morgan fingerprint density at radius 1 is 1.44 bits per heavy atom. The van der Waals surface area contributed by atoms with E-state index in [1.807, 2.05) is 0 Å². The van der Waals surface area contributed by atoms with Crippen molar-refractivity contribution in [3.63, 3.8) is 0 Å². The second kappa shape index (κ2) is 5.31. The summed E-state index contributed by atoms with van der Waals surface area (Å²) in [5, 5.41) is 20.0. The minimum Gasteiger partial charge on any atom is -0.477 e. The molecule has 1 rings (SSSR count). The first-order chi connectivity index (χ1) is 8.34. The van der Waals surface area contributed by atoms with Crippen LogP contribution in [0.25, 0.3) is 6.08 Å². The molecule has 0 atom stereocenters. The van der Waals surface area contributed by atoms with Gasteiger partial charge in [0.15, 0.2) is 0 Å². The van der Waals surface area contributed by atoms with Crippen LogP contribution in [0.5, 0.6) is 0 Å². The van der Waals surface area contributed by atoms with Crippen molar-refractivity contribution in [1.29, 1.82) is 0 Å². The van der Waals surface area contributed by atoms with E-state index in [0.29, 0.717) is 11.1 Å². The Hall–Kier alpha value is -2.37. The molecule has 0 radical (unpaired) electrons. The molecule has 1 N–H and O–H groups in total. The fraction of sp³-hybridized carbons (Fsp3) is 0.250. The van der Waals surface area contributed by atoms with Gasteiger partial charge in [0.2, 0.25) is 0 Å². The summed E-state index contributed by atoms with van der Waals surface area (Å²) in [7, 11) is 3.55. The molecule has 0 saturated carbocycles. The molecule has 1 aromatic rings. The second-order valence-electron chi connectivity index (χ2n) is 4.03. The molecule has 1 aromatic carbocycles. The minimum absolute atomic E-state index is 0.302. The van der Waals surface area contributed by atoms with Crippen LogP contribution >= 0.6 is 0 Å². The molecular weight excluding hydrogens is 236 g/mol. The van der Waals surface area contributed by atoms with Crippen LogP contribution < -0.4 is 0 Å². The summed E-state index contributed by atoms with van der Waals surface area (Å²) in [5.41, 5.74) is 0.294. The Morgan fingerprint density at radius 3 is 2.50 bits per heavy atom. The molecule has 0 aliphatic carbocycles. The number of aryl methyl sites for hydroxylation is 1. The number of nitro benzene ring substituents is 1. The molecule has 0 aromatic heterocycles. The van der Waals surface area contributed by atoms with Crippen LogP contribution in [0.2, 0.25) is 0 Å². The molecule has 0 bridgehead atoms. The van der Waals surface area contributed by atoms with E-state index in [-0.39, 0.29) is 11.3 Å². The summed E-state index contributed by atoms with van der Waals surface area (Å²) in [6.45, 7) is 1.70. The maximum atomic E-state index is 11.0. The van der Waals surface area contributed by atoms with Crippen molar-refractivity contribution >= 4 is 17.7 Å². The van der Waals surface area contributed by atoms with Gasteiger partial charge in [-0.05, 0) is 30.8 Å². The number of nitro groups is 1. The molecule has 96 valence electrons. The van der Waals surface area contributed by atoms with E-state index < -0.39 is 10.9 Å². The monoisotopic (exact) mass is 250 g/mol. The summed E-state index contributed by atoms with van der Waals surface area (Å²) in [5.74, 6) is -1.30. The van der Waals surface area contributed by atoms with Gasteiger partial charge in [-0.15, -0.1) is 0 Å². The van der Waals surface area contributed by atoms with Crippen LogP contribution in [0.4, 0.5) is 5.69 Å². The predicted octanol–water partition coefficient (Wildman–Crippen LogP) is 2.13. The molecule has 0 unspecified atom stereocenters. The highest BCUT2D eigenvalue weighted by Crippen LogP contribution is 2.28. The van der Waals surface area contributed by atoms with Crippen molar-refractivity contribution in [1.82, 2.24) is 4.90 Å². The third-order valence-electron chi connectivity index (χ3n) is 2.39. The second-order valence-corrected chi connectivity index (χ2v) is 4.03. The smallest absolute Gasteiger partial charge is 0.342 e. The van der Waals surface area contributed by atoms with E-state index in [9.17, 15) is 14.9 Å². The third kappa shape index (κ3) is 2.85. The number of hydrogen-bond donors (Lipinski definition) is 1. The maximum absolute atomic E-state index is 11.0. The van der Waals surface area contributed by atoms with Gasteiger partial charge in [-0.1, -0.05) is 6.07 Å². The number of benzene rings is 1. The van der Waals surface area contributed by atoms with Crippen molar-refractivity contribution in [3.8, 4) is 0 Å². The molecule has 0 aliphatic rings. The van der Waals surface area contributed by atoms with Gasteiger partial charge in [0.05, 0.1) is 10.5 Å². The average molecular weight is 250 g/mol. The highest BCUT2D eigenvalue weighted by atomic mass is 16.6. The van der Waals surface area contributed by atoms with Crippen LogP contribution in [0.3, 0.4) is 0 Å². The van der Waals surface area contributed by atoms with Gasteiger partial charge in [-0.3, -0.25) is 10.1 Å². The van der Waals surface area contributed by atoms with Crippen molar-refractivity contribution in [2.45, 2.75) is 6.92 Å². The van der Waals surface area contributed by atoms with Crippen LogP contribution in [0.15, 0.2) is 18.3 Å². The minimum atomic E-state index is -1.30. The summed E-state index contributed by atoms with van der Waals surface area (Å²) >= 11 is 0. The highest BCUT2D eigenvalue weighted by Gasteiger charge is 2.24. The SMILES string of the molecule is Cc1ccc(C(=O)O)c([N+](=O)[O-])c1C=CN(C)C. The number of rotatable bonds is 4. The van der Waals surface area contributed by atoms with Crippen molar-refractivity contribution in [2.24, 2.45) is 0 Å². The molecule has 0 saturated heterocycles. The lowest BCUT2D eigenvalue weighted by molar-refractivity contribution is -0.385. The molecule has 0 heterocycles. The van der Waals surface area contributed by atoms with Crippen molar-refractivity contribution in [3.05, 3.63) is 45.1 Å². The first kappa shape index (κ1) is 13.7. The van der Waals surface area contributed by atoms with E-state index >= 15 is 0 Å². The normalized spacial score (nSPS) is 10.6. The molecule has 6 nitrogen and oxygen atoms in total. The number of carboxylic acids is 1. The van der Waals surface area contributed by atoms with Gasteiger partial charge >= 0.3 is 5.97 Å². The molecule has 0 spiro atoms. The number of carboxylic acid groups (broad SMARTS) is 1. The molecule has 6 heteroatoms. The van der Waals surface area contributed by atoms with E-state index in [1.165, 1.54) is 6.07 Å². The van der Waals surface area contributed by atoms with Crippen LogP contribution in [0, 0.1) is 17.0 Å². The number of hydrogen-bond acceptors (Lipinski definition) is 4. The van der Waals surface area contributed by atoms with E-state index in [0.717, 1.165) is 0 Å². The zero-order valence-electron chi connectivity index (χ0n) is 10.4. The number of carbonyl (C=O) groups is 1. The number of nitrogens with zero attached hydrogens (tertiary/aromatic N) is 2. The Balaban J connectivity index is 3.51. The zero-order chi connectivity index (χ0) is 13.9. The van der Waals surface area contributed by atoms with Crippen LogP contribution in [0.1, 0.15) is 21.5 Å². The Kier molecular flexibility index (Phi) is 4.04. The van der Waals surface area contributed by atoms with Crippen LogP contribution in [-0.4, -0.2) is 35.0 Å². The first-order valence-electron chi connectivity index (χ1n) is 5.20. The van der Waals surface area contributed by atoms with E-state index in [4.69, 9.17) is 5.11 Å². The third-order valence-corrected chi connectivity index (χ3v) is 2.39. The molecule has 0 fully saturated rings. The van der Waals surface area contributed by atoms with Crippen LogP contribution in [-0.2, 0) is 0 Å². The lowest BCUT2D eigenvalue weighted by atomic mass is 10.0. The summed E-state index contributed by atoms with van der Waals surface area (Å²) < 4.78 is 0. The van der Waals surface area contributed by atoms with Gasteiger partial charge in [-0.2, -0.15) is 0 Å². The Bertz CT molecular complexity index is 521. The lowest BCUT2D eigenvalue weighted by Crippen LogP contribution is -2.06. The molecular formula is C12H14N2O4. The lowest BCUT2D eigenvalue weighted by Gasteiger charge is -2.07. The fourth-order valence-electron chi connectivity index (χ4n) is 1.51. The predicted molar refractivity (Wildman–Crippen MR) is 67.5 cm³/mol. The van der Waals surface area contributed by atoms with Gasteiger partial charge in [0.25, 0.3) is 5.69 Å².